The van der Waals surface area contributed by atoms with Crippen molar-refractivity contribution in [2.45, 2.75) is 105 Å². The first kappa shape index (κ1) is 41.0. The number of hydrogen-bond acceptors (Lipinski definition) is 12. The fraction of sp³-hybridized carbons (Fsp3) is 1.00. The summed E-state index contributed by atoms with van der Waals surface area (Å²) in [6.45, 7) is 19.8. The summed E-state index contributed by atoms with van der Waals surface area (Å²) in [5.74, 6) is 1.07. The summed E-state index contributed by atoms with van der Waals surface area (Å²) >= 11 is 0. The molecule has 0 amide bonds. The lowest BCUT2D eigenvalue weighted by atomic mass is 10.2. The van der Waals surface area contributed by atoms with Gasteiger partial charge in [-0.2, -0.15) is 11.0 Å². The Morgan fingerprint density at radius 2 is 1.05 bits per heavy atom. The molecule has 1 fully saturated rings. The Morgan fingerprint density at radius 3 is 1.43 bits per heavy atom. The molecule has 0 unspecified atom stereocenters. The van der Waals surface area contributed by atoms with Gasteiger partial charge in [-0.1, -0.05) is 6.92 Å². The van der Waals surface area contributed by atoms with Crippen LogP contribution in [0.25, 0.3) is 0 Å². The molecule has 0 aromatic rings. The van der Waals surface area contributed by atoms with Crippen molar-refractivity contribution in [2.75, 3.05) is 46.2 Å². The molecule has 1 saturated carbocycles. The second kappa shape index (κ2) is 30.1. The zero-order valence-electron chi connectivity index (χ0n) is 24.8. The molecule has 12 heteroatoms. The van der Waals surface area contributed by atoms with Gasteiger partial charge in [0.25, 0.3) is 0 Å². The molecule has 0 heterocycles. The van der Waals surface area contributed by atoms with Gasteiger partial charge in [-0.05, 0) is 74.1 Å². The first-order valence-corrected chi connectivity index (χ1v) is 13.4. The largest absolute Gasteiger partial charge is 0.396 e. The van der Waals surface area contributed by atoms with Crippen molar-refractivity contribution >= 4 is 0 Å². The highest BCUT2D eigenvalue weighted by atomic mass is 16.7. The summed E-state index contributed by atoms with van der Waals surface area (Å²) in [5.41, 5.74) is 11.0. The molecule has 228 valence electrons. The maximum Gasteiger partial charge on any atom is 0.102 e. The van der Waals surface area contributed by atoms with Crippen LogP contribution in [0.3, 0.4) is 0 Å². The molecule has 1 rings (SSSR count). The average Bonchev–Trinajstić information content (AvgIpc) is 3.64. The SMILES string of the molecule is CC(C)NOCC1CC1.CC(C)NOCCO.CC(C)NOC[C@@H](O)CO.CC(C)NOC[C@H](C)CO. The summed E-state index contributed by atoms with van der Waals surface area (Å²) in [6, 6.07) is 1.34. The van der Waals surface area contributed by atoms with E-state index in [2.05, 4.69) is 35.8 Å². The predicted octanol–water partition coefficient (Wildman–Crippen LogP) is 1.05. The second-order valence-corrected chi connectivity index (χ2v) is 10.2. The molecule has 0 aliphatic heterocycles. The first-order chi connectivity index (χ1) is 17.4. The minimum atomic E-state index is -0.786. The summed E-state index contributed by atoms with van der Waals surface area (Å²) in [4.78, 5) is 19.7. The van der Waals surface area contributed by atoms with E-state index in [1.807, 2.05) is 48.5 Å². The summed E-state index contributed by atoms with van der Waals surface area (Å²) in [7, 11) is 0. The van der Waals surface area contributed by atoms with Crippen LogP contribution in [-0.2, 0) is 19.4 Å². The molecule has 8 N–H and O–H groups in total. The van der Waals surface area contributed by atoms with Crippen LogP contribution in [0.15, 0.2) is 0 Å². The fourth-order valence-electron chi connectivity index (χ4n) is 1.66. The molecular weight excluding hydrogens is 484 g/mol. The second-order valence-electron chi connectivity index (χ2n) is 10.2. The fourth-order valence-corrected chi connectivity index (χ4v) is 1.66. The lowest BCUT2D eigenvalue weighted by Gasteiger charge is -2.11. The van der Waals surface area contributed by atoms with Gasteiger partial charge in [-0.3, -0.25) is 9.68 Å². The van der Waals surface area contributed by atoms with Gasteiger partial charge in [-0.15, -0.1) is 0 Å². The zero-order valence-corrected chi connectivity index (χ0v) is 24.8. The smallest absolute Gasteiger partial charge is 0.102 e. The summed E-state index contributed by atoms with van der Waals surface area (Å²) in [5, 5.41) is 33.9. The first-order valence-electron chi connectivity index (χ1n) is 13.4. The molecule has 0 aromatic heterocycles. The highest BCUT2D eigenvalue weighted by Crippen LogP contribution is 2.28. The minimum Gasteiger partial charge on any atom is -0.396 e. The van der Waals surface area contributed by atoms with E-state index in [0.717, 1.165) is 12.5 Å². The van der Waals surface area contributed by atoms with Gasteiger partial charge >= 0.3 is 0 Å². The average molecular weight is 545 g/mol. The van der Waals surface area contributed by atoms with Crippen LogP contribution in [0.4, 0.5) is 0 Å². The maximum atomic E-state index is 8.76. The molecule has 0 bridgehead atoms. The molecule has 0 saturated heterocycles. The number of aliphatic hydroxyl groups excluding tert-OH is 4. The number of hydroxylamine groups is 4. The van der Waals surface area contributed by atoms with Crippen molar-refractivity contribution in [1.82, 2.24) is 21.9 Å². The highest BCUT2D eigenvalue weighted by Gasteiger charge is 2.21. The topological polar surface area (TPSA) is 166 Å². The Labute approximate surface area is 225 Å². The Morgan fingerprint density at radius 1 is 0.622 bits per heavy atom. The van der Waals surface area contributed by atoms with Crippen LogP contribution >= 0.6 is 0 Å². The standard InChI is InChI=1S/C7H17NO2.C7H15NO.C6H15NO3.C5H13NO2/c1-6(2)8-10-5-7(3)4-9;1-6(2)8-9-5-7-3-4-7;1-5(2)7-10-4-6(9)3-8;1-5(2)6-8-4-3-7/h6-9H,4-5H2,1-3H3;6-8H,3-5H2,1-2H3;5-9H,3-4H2,1-2H3;5-7H,3-4H2,1-2H3/t7-;;6-;/m1.0./s1. The van der Waals surface area contributed by atoms with Gasteiger partial charge in [-0.25, -0.2) is 11.0 Å². The van der Waals surface area contributed by atoms with Crippen molar-refractivity contribution in [3.05, 3.63) is 0 Å². The Bertz CT molecular complexity index is 409. The number of aliphatic hydroxyl groups is 4. The van der Waals surface area contributed by atoms with Crippen molar-refractivity contribution < 1.29 is 39.8 Å². The monoisotopic (exact) mass is 544 g/mol. The minimum absolute atomic E-state index is 0.0692. The highest BCUT2D eigenvalue weighted by molar-refractivity contribution is 4.71. The van der Waals surface area contributed by atoms with E-state index in [0.29, 0.717) is 31.3 Å². The van der Waals surface area contributed by atoms with E-state index in [1.165, 1.54) is 12.8 Å². The van der Waals surface area contributed by atoms with Crippen LogP contribution in [0.2, 0.25) is 0 Å². The van der Waals surface area contributed by atoms with E-state index in [9.17, 15) is 0 Å². The number of hydrogen-bond donors (Lipinski definition) is 8. The van der Waals surface area contributed by atoms with Gasteiger partial charge < -0.3 is 30.1 Å². The Hall–Kier alpha value is -0.480. The zero-order chi connectivity index (χ0) is 29.1. The molecule has 1 aliphatic rings. The van der Waals surface area contributed by atoms with Crippen LogP contribution in [0.5, 0.6) is 0 Å². The molecule has 37 heavy (non-hydrogen) atoms. The van der Waals surface area contributed by atoms with Gasteiger partial charge in [0, 0.05) is 36.7 Å². The van der Waals surface area contributed by atoms with Crippen molar-refractivity contribution in [3.8, 4) is 0 Å². The molecular formula is C25H60N4O8. The third kappa shape index (κ3) is 45.8. The van der Waals surface area contributed by atoms with Crippen LogP contribution in [0.1, 0.15) is 75.2 Å². The lowest BCUT2D eigenvalue weighted by molar-refractivity contribution is -0.0456. The normalized spacial score (nSPS) is 14.5. The van der Waals surface area contributed by atoms with Crippen molar-refractivity contribution in [2.24, 2.45) is 11.8 Å². The quantitative estimate of drug-likeness (QED) is 0.0914. The summed E-state index contributed by atoms with van der Waals surface area (Å²) in [6.07, 6.45) is 1.94. The molecule has 0 radical (unpaired) electrons. The number of rotatable bonds is 18. The predicted molar refractivity (Wildman–Crippen MR) is 146 cm³/mol. The van der Waals surface area contributed by atoms with E-state index in [4.69, 9.17) is 39.8 Å². The molecule has 0 spiro atoms. The van der Waals surface area contributed by atoms with E-state index in [1.54, 1.807) is 0 Å². The Kier molecular flexibility index (Phi) is 33.3. The molecule has 2 atom stereocenters. The van der Waals surface area contributed by atoms with E-state index in [-0.39, 0.29) is 38.4 Å². The molecule has 12 nitrogen and oxygen atoms in total. The van der Waals surface area contributed by atoms with Gasteiger partial charge in [0.1, 0.15) is 6.10 Å². The third-order valence-electron chi connectivity index (χ3n) is 3.65. The molecule has 1 aliphatic carbocycles. The lowest BCUT2D eigenvalue weighted by Crippen LogP contribution is -2.29. The van der Waals surface area contributed by atoms with Crippen LogP contribution in [-0.4, -0.2) is 96.9 Å². The van der Waals surface area contributed by atoms with Crippen molar-refractivity contribution in [1.29, 1.82) is 0 Å². The van der Waals surface area contributed by atoms with Gasteiger partial charge in [0.2, 0.25) is 0 Å². The third-order valence-corrected chi connectivity index (χ3v) is 3.65. The van der Waals surface area contributed by atoms with Crippen molar-refractivity contribution in [3.63, 3.8) is 0 Å². The molecule has 0 aromatic carbocycles. The van der Waals surface area contributed by atoms with Gasteiger partial charge in [0.05, 0.1) is 39.6 Å². The van der Waals surface area contributed by atoms with E-state index < -0.39 is 6.10 Å². The summed E-state index contributed by atoms with van der Waals surface area (Å²) < 4.78 is 0. The van der Waals surface area contributed by atoms with E-state index >= 15 is 0 Å². The Balaban J connectivity index is -0.000000418. The number of nitrogens with one attached hydrogen (secondary N) is 4. The maximum absolute atomic E-state index is 8.76. The van der Waals surface area contributed by atoms with Crippen LogP contribution in [0, 0.1) is 11.8 Å². The van der Waals surface area contributed by atoms with Crippen LogP contribution < -0.4 is 21.9 Å². The van der Waals surface area contributed by atoms with Gasteiger partial charge in [0.15, 0.2) is 0 Å².